The second-order valence-electron chi connectivity index (χ2n) is 8.33. The van der Waals surface area contributed by atoms with Crippen LogP contribution in [0.5, 0.6) is 5.75 Å². The molecule has 1 amide bonds. The van der Waals surface area contributed by atoms with E-state index in [0.29, 0.717) is 6.54 Å². The van der Waals surface area contributed by atoms with Crippen LogP contribution < -0.4 is 19.9 Å². The third-order valence-corrected chi connectivity index (χ3v) is 6.10. The van der Waals surface area contributed by atoms with E-state index in [9.17, 15) is 4.79 Å². The Balaban J connectivity index is 1.42. The van der Waals surface area contributed by atoms with Crippen LogP contribution in [-0.2, 0) is 11.3 Å². The van der Waals surface area contributed by atoms with E-state index < -0.39 is 0 Å². The molecule has 156 valence electrons. The minimum Gasteiger partial charge on any atom is -0.497 e. The molecule has 0 radical (unpaired) electrons. The highest BCUT2D eigenvalue weighted by molar-refractivity contribution is 5.77. The van der Waals surface area contributed by atoms with E-state index in [2.05, 4.69) is 56.4 Å². The van der Waals surface area contributed by atoms with Crippen LogP contribution >= 0.6 is 0 Å². The van der Waals surface area contributed by atoms with Gasteiger partial charge in [-0.15, -0.1) is 0 Å². The van der Waals surface area contributed by atoms with Gasteiger partial charge in [0.05, 0.1) is 13.2 Å². The Hall–Kier alpha value is -2.37. The zero-order valence-corrected chi connectivity index (χ0v) is 18.2. The molecule has 1 saturated heterocycles. The zero-order valence-electron chi connectivity index (χ0n) is 18.2. The average molecular weight is 398 g/mol. The van der Waals surface area contributed by atoms with Gasteiger partial charge in [-0.1, -0.05) is 18.2 Å². The molecule has 5 heteroatoms. The number of carbonyl (C=O) groups is 1. The van der Waals surface area contributed by atoms with Gasteiger partial charge >= 0.3 is 0 Å². The second-order valence-corrected chi connectivity index (χ2v) is 8.33. The molecule has 3 rings (SSSR count). The van der Waals surface area contributed by atoms with Gasteiger partial charge in [-0.2, -0.15) is 0 Å². The number of benzene rings is 2. The van der Waals surface area contributed by atoms with E-state index in [4.69, 9.17) is 4.74 Å². The van der Waals surface area contributed by atoms with Gasteiger partial charge in [-0.25, -0.2) is 0 Å². The molecule has 2 aromatic rings. The molecule has 0 bridgehead atoms. The lowest BCUT2D eigenvalue weighted by Crippen LogP contribution is -3.28. The maximum Gasteiger partial charge on any atom is 0.275 e. The molecular weight excluding hydrogens is 362 g/mol. The Labute approximate surface area is 174 Å². The van der Waals surface area contributed by atoms with Gasteiger partial charge in [0.2, 0.25) is 0 Å². The maximum atomic E-state index is 12.5. The summed E-state index contributed by atoms with van der Waals surface area (Å²) < 4.78 is 5.23. The molecule has 1 atom stereocenters. The second kappa shape index (κ2) is 9.90. The van der Waals surface area contributed by atoms with Crippen molar-refractivity contribution in [1.29, 1.82) is 0 Å². The van der Waals surface area contributed by atoms with Crippen LogP contribution in [0.2, 0.25) is 0 Å². The Morgan fingerprint density at radius 1 is 1.00 bits per heavy atom. The summed E-state index contributed by atoms with van der Waals surface area (Å²) in [5.74, 6) is 1.04. The van der Waals surface area contributed by atoms with Crippen molar-refractivity contribution in [1.82, 2.24) is 5.32 Å². The lowest BCUT2D eigenvalue weighted by atomic mass is 10.0. The molecule has 1 fully saturated rings. The Kier molecular flexibility index (Phi) is 7.29. The SMILES string of the molecule is COc1ccc(C[NH+]2CC[NH+](CC(=O)N[C@H](C)c3ccc(C)c(C)c3)CC2)cc1. The molecule has 29 heavy (non-hydrogen) atoms. The normalized spacial score (nSPS) is 20.1. The number of piperazine rings is 1. The van der Waals surface area contributed by atoms with Crippen LogP contribution in [0.25, 0.3) is 0 Å². The number of methoxy groups -OCH3 is 1. The van der Waals surface area contributed by atoms with E-state index in [-0.39, 0.29) is 11.9 Å². The number of aryl methyl sites for hydroxylation is 2. The van der Waals surface area contributed by atoms with Gasteiger partial charge in [-0.3, -0.25) is 4.79 Å². The minimum absolute atomic E-state index is 0.0446. The molecule has 0 saturated carbocycles. The molecule has 1 heterocycles. The lowest BCUT2D eigenvalue weighted by Gasteiger charge is -2.29. The number of ether oxygens (including phenoxy) is 1. The molecular formula is C24H35N3O2+2. The molecule has 0 aromatic heterocycles. The molecule has 0 unspecified atom stereocenters. The first-order chi connectivity index (χ1) is 13.9. The Morgan fingerprint density at radius 2 is 1.66 bits per heavy atom. The average Bonchev–Trinajstić information content (AvgIpc) is 2.72. The summed E-state index contributed by atoms with van der Waals surface area (Å²) in [5, 5.41) is 3.17. The molecule has 5 nitrogen and oxygen atoms in total. The summed E-state index contributed by atoms with van der Waals surface area (Å²) in [6.07, 6.45) is 0. The van der Waals surface area contributed by atoms with Crippen LogP contribution in [0.4, 0.5) is 0 Å². The summed E-state index contributed by atoms with van der Waals surface area (Å²) in [5.41, 5.74) is 5.06. The number of rotatable bonds is 7. The van der Waals surface area contributed by atoms with Crippen molar-refractivity contribution in [3.8, 4) is 5.75 Å². The summed E-state index contributed by atoms with van der Waals surface area (Å²) >= 11 is 0. The van der Waals surface area contributed by atoms with Crippen molar-refractivity contribution in [3.63, 3.8) is 0 Å². The van der Waals surface area contributed by atoms with E-state index >= 15 is 0 Å². The van der Waals surface area contributed by atoms with Crippen molar-refractivity contribution >= 4 is 5.91 Å². The smallest absolute Gasteiger partial charge is 0.275 e. The Morgan fingerprint density at radius 3 is 2.28 bits per heavy atom. The van der Waals surface area contributed by atoms with E-state index in [0.717, 1.165) is 38.5 Å². The van der Waals surface area contributed by atoms with Crippen molar-refractivity contribution in [2.24, 2.45) is 0 Å². The largest absolute Gasteiger partial charge is 0.497 e. The van der Waals surface area contributed by atoms with Crippen LogP contribution in [-0.4, -0.2) is 45.7 Å². The number of hydrogen-bond acceptors (Lipinski definition) is 2. The molecule has 2 aromatic carbocycles. The van der Waals surface area contributed by atoms with Crippen molar-refractivity contribution < 1.29 is 19.3 Å². The molecule has 1 aliphatic rings. The fourth-order valence-corrected chi connectivity index (χ4v) is 3.98. The van der Waals surface area contributed by atoms with Gasteiger partial charge in [0.15, 0.2) is 6.54 Å². The molecule has 3 N–H and O–H groups in total. The van der Waals surface area contributed by atoms with E-state index in [1.165, 1.54) is 27.2 Å². The first-order valence-corrected chi connectivity index (χ1v) is 10.6. The number of amides is 1. The van der Waals surface area contributed by atoms with Crippen LogP contribution in [0.3, 0.4) is 0 Å². The highest BCUT2D eigenvalue weighted by Gasteiger charge is 2.25. The maximum absolute atomic E-state index is 12.5. The monoisotopic (exact) mass is 397 g/mol. The van der Waals surface area contributed by atoms with Crippen LogP contribution in [0.15, 0.2) is 42.5 Å². The summed E-state index contributed by atoms with van der Waals surface area (Å²) in [6.45, 7) is 12.2. The molecule has 1 aliphatic heterocycles. The fraction of sp³-hybridized carbons (Fsp3) is 0.458. The van der Waals surface area contributed by atoms with E-state index in [1.54, 1.807) is 12.0 Å². The number of hydrogen-bond donors (Lipinski definition) is 3. The summed E-state index contributed by atoms with van der Waals surface area (Å²) in [7, 11) is 1.70. The van der Waals surface area contributed by atoms with Crippen molar-refractivity contribution in [2.75, 3.05) is 39.8 Å². The highest BCUT2D eigenvalue weighted by atomic mass is 16.5. The van der Waals surface area contributed by atoms with Crippen LogP contribution in [0.1, 0.15) is 35.2 Å². The zero-order chi connectivity index (χ0) is 20.8. The van der Waals surface area contributed by atoms with Crippen molar-refractivity contribution in [3.05, 3.63) is 64.7 Å². The van der Waals surface area contributed by atoms with Crippen LogP contribution in [0, 0.1) is 13.8 Å². The third-order valence-electron chi connectivity index (χ3n) is 6.10. The van der Waals surface area contributed by atoms with Crippen molar-refractivity contribution in [2.45, 2.75) is 33.4 Å². The predicted molar refractivity (Wildman–Crippen MR) is 115 cm³/mol. The molecule has 0 spiro atoms. The topological polar surface area (TPSA) is 47.2 Å². The summed E-state index contributed by atoms with van der Waals surface area (Å²) in [6, 6.07) is 14.8. The first kappa shape index (κ1) is 21.3. The molecule has 0 aliphatic carbocycles. The first-order valence-electron chi connectivity index (χ1n) is 10.6. The summed E-state index contributed by atoms with van der Waals surface area (Å²) in [4.78, 5) is 15.5. The quantitative estimate of drug-likeness (QED) is 0.636. The Bertz CT molecular complexity index is 811. The van der Waals surface area contributed by atoms with Gasteiger partial charge in [0.25, 0.3) is 5.91 Å². The fourth-order valence-electron chi connectivity index (χ4n) is 3.98. The lowest BCUT2D eigenvalue weighted by molar-refractivity contribution is -1.02. The van der Waals surface area contributed by atoms with Gasteiger partial charge in [0, 0.05) is 5.56 Å². The predicted octanol–water partition coefficient (Wildman–Crippen LogP) is 0.473. The van der Waals surface area contributed by atoms with E-state index in [1.807, 2.05) is 12.1 Å². The minimum atomic E-state index is 0.0446. The van der Waals surface area contributed by atoms with Gasteiger partial charge < -0.3 is 19.9 Å². The third kappa shape index (κ3) is 6.05. The standard InChI is InChI=1S/C24H33N3O2/c1-18-5-8-22(15-19(18)2)20(3)25-24(28)17-27-13-11-26(12-14-27)16-21-6-9-23(29-4)10-7-21/h5-10,15,20H,11-14,16-17H2,1-4H3,(H,25,28)/p+2/t20-/m1/s1. The van der Waals surface area contributed by atoms with Gasteiger partial charge in [0.1, 0.15) is 38.5 Å². The highest BCUT2D eigenvalue weighted by Crippen LogP contribution is 2.16. The number of nitrogens with one attached hydrogen (secondary N) is 3. The number of quaternary nitrogens is 2. The van der Waals surface area contributed by atoms with Gasteiger partial charge in [-0.05, 0) is 61.7 Å². The number of carbonyl (C=O) groups excluding carboxylic acids is 1.